The van der Waals surface area contributed by atoms with E-state index >= 15 is 0 Å². The molecule has 0 aromatic heterocycles. The van der Waals surface area contributed by atoms with Crippen molar-refractivity contribution in [3.63, 3.8) is 0 Å². The van der Waals surface area contributed by atoms with E-state index in [0.29, 0.717) is 41.4 Å². The van der Waals surface area contributed by atoms with Crippen molar-refractivity contribution in [2.75, 3.05) is 0 Å². The first kappa shape index (κ1) is 74.6. The van der Waals surface area contributed by atoms with Crippen LogP contribution in [-0.4, -0.2) is 0 Å². The summed E-state index contributed by atoms with van der Waals surface area (Å²) in [6.07, 6.45) is 0. The summed E-state index contributed by atoms with van der Waals surface area (Å²) >= 11 is 0. The Balaban J connectivity index is 0.000000148. The van der Waals surface area contributed by atoms with Crippen LogP contribution < -0.4 is 0 Å². The molecule has 0 saturated heterocycles. The van der Waals surface area contributed by atoms with Crippen molar-refractivity contribution in [1.29, 1.82) is 0 Å². The van der Waals surface area contributed by atoms with Gasteiger partial charge in [-0.15, -0.1) is 0 Å². The standard InChI is InChI=1S/C19H18.3C15H16.2C13H14.C9H12/c1-14(2)16-12-13-17(15-8-4-3-5-9-15)19-11-7-6-10-18(16)19;1-12(2)14-10-6-7-11-15(14)13-8-4-3-5-9-13;1-12(2)14-9-6-10-15(11-14)13-7-4-3-5-8-13;1-12(2)13-8-10-15(11-9-13)14-6-4-3-5-7-14;1-10(2)12-9-5-7-11-6-3-4-8-13(11)12;1-10(2)12-8-7-11-5-3-4-6-13(11)9-12;1-8(2)9-6-4-3-5-7-9/h3-14H,1-2H3;3*3-12H,1-2H3;2*3-10H,1-2H3;3-8H,1-2H3. The van der Waals surface area contributed by atoms with Gasteiger partial charge in [-0.05, 0) is 157 Å². The smallest absolute Gasteiger partial charge is 0.0103 e. The lowest BCUT2D eigenvalue weighted by molar-refractivity contribution is 0.867. The van der Waals surface area contributed by atoms with Crippen LogP contribution in [0.1, 0.15) is 177 Å². The average molecular weight is 1300 g/mol. The maximum Gasteiger partial charge on any atom is -0.0103 e. The van der Waals surface area contributed by atoms with E-state index in [4.69, 9.17) is 0 Å². The molecule has 0 radical (unpaired) electrons. The summed E-state index contributed by atoms with van der Waals surface area (Å²) in [4.78, 5) is 0. The zero-order valence-corrected chi connectivity index (χ0v) is 61.5. The van der Waals surface area contributed by atoms with E-state index in [0.717, 1.165) is 0 Å². The molecule has 0 N–H and O–H groups in total. The minimum absolute atomic E-state index is 0.551. The second-order valence-electron chi connectivity index (χ2n) is 27.7. The van der Waals surface area contributed by atoms with Crippen molar-refractivity contribution in [2.24, 2.45) is 0 Å². The fourth-order valence-corrected chi connectivity index (χ4v) is 12.1. The molecule has 502 valence electrons. The van der Waals surface area contributed by atoms with E-state index in [1.165, 1.54) is 116 Å². The number of rotatable bonds is 11. The third kappa shape index (κ3) is 22.4. The molecule has 14 rings (SSSR count). The van der Waals surface area contributed by atoms with Crippen LogP contribution >= 0.6 is 0 Å². The first-order chi connectivity index (χ1) is 48.0. The van der Waals surface area contributed by atoms with Crippen molar-refractivity contribution in [3.8, 4) is 44.5 Å². The molecule has 0 aliphatic rings. The van der Waals surface area contributed by atoms with Gasteiger partial charge in [0.1, 0.15) is 0 Å². The molecule has 0 aliphatic heterocycles. The van der Waals surface area contributed by atoms with Crippen molar-refractivity contribution in [3.05, 3.63) is 385 Å². The molecular formula is C99H106. The molecule has 14 aromatic rings. The van der Waals surface area contributed by atoms with Gasteiger partial charge in [-0.1, -0.05) is 443 Å². The molecule has 99 heavy (non-hydrogen) atoms. The molecule has 0 heteroatoms. The third-order valence-electron chi connectivity index (χ3n) is 18.0. The summed E-state index contributed by atoms with van der Waals surface area (Å²) in [5.41, 5.74) is 20.4. The van der Waals surface area contributed by atoms with Crippen LogP contribution in [-0.2, 0) is 0 Å². The van der Waals surface area contributed by atoms with Crippen molar-refractivity contribution in [1.82, 2.24) is 0 Å². The quantitative estimate of drug-likeness (QED) is 0.121. The summed E-state index contributed by atoms with van der Waals surface area (Å²) in [5.74, 6) is 4.20. The molecule has 0 atom stereocenters. The maximum atomic E-state index is 2.28. The van der Waals surface area contributed by atoms with E-state index in [1.54, 1.807) is 0 Å². The van der Waals surface area contributed by atoms with Crippen molar-refractivity contribution >= 4 is 32.3 Å². The summed E-state index contributed by atoms with van der Waals surface area (Å²) in [6.45, 7) is 31.2. The molecule has 14 aromatic carbocycles. The van der Waals surface area contributed by atoms with Gasteiger partial charge in [-0.25, -0.2) is 0 Å². The fraction of sp³-hybridized carbons (Fsp3) is 0.212. The Labute approximate surface area is 596 Å². The lowest BCUT2D eigenvalue weighted by Crippen LogP contribution is -1.91. The maximum absolute atomic E-state index is 2.28. The van der Waals surface area contributed by atoms with Gasteiger partial charge in [-0.2, -0.15) is 0 Å². The van der Waals surface area contributed by atoms with Crippen molar-refractivity contribution < 1.29 is 0 Å². The molecule has 0 aliphatic carbocycles. The molecule has 0 fully saturated rings. The molecular weight excluding hydrogens is 1190 g/mol. The van der Waals surface area contributed by atoms with Gasteiger partial charge in [0.05, 0.1) is 0 Å². The Morgan fingerprint density at radius 1 is 0.152 bits per heavy atom. The van der Waals surface area contributed by atoms with Gasteiger partial charge in [0.2, 0.25) is 0 Å². The summed E-state index contributed by atoms with van der Waals surface area (Å²) in [7, 11) is 0. The normalized spacial score (nSPS) is 10.8. The Morgan fingerprint density at radius 3 is 1.01 bits per heavy atom. The Hall–Kier alpha value is -10.1. The SMILES string of the molecule is CC(C)c1ccc(-c2ccccc2)c2ccccc12.CC(C)c1ccc(-c2ccccc2)cc1.CC(C)c1ccc2ccccc2c1.CC(C)c1cccc(-c2ccccc2)c1.CC(C)c1cccc2ccccc12.CC(C)c1ccccc1.CC(C)c1ccccc1-c1ccccc1. The molecule has 0 saturated carbocycles. The first-order valence-corrected chi connectivity index (χ1v) is 36.0. The number of hydrogen-bond donors (Lipinski definition) is 0. The molecule has 0 spiro atoms. The summed E-state index contributed by atoms with van der Waals surface area (Å²) in [6, 6.07) is 122. The van der Waals surface area contributed by atoms with Gasteiger partial charge >= 0.3 is 0 Å². The van der Waals surface area contributed by atoms with Crippen LogP contribution in [0.4, 0.5) is 0 Å². The zero-order valence-electron chi connectivity index (χ0n) is 61.5. The van der Waals surface area contributed by atoms with Gasteiger partial charge in [0.15, 0.2) is 0 Å². The highest BCUT2D eigenvalue weighted by Crippen LogP contribution is 2.35. The van der Waals surface area contributed by atoms with Crippen LogP contribution in [0.3, 0.4) is 0 Å². The van der Waals surface area contributed by atoms with E-state index in [-0.39, 0.29) is 0 Å². The highest BCUT2D eigenvalue weighted by Gasteiger charge is 2.11. The minimum Gasteiger partial charge on any atom is -0.0622 e. The number of hydrogen-bond acceptors (Lipinski definition) is 0. The Morgan fingerprint density at radius 2 is 0.485 bits per heavy atom. The van der Waals surface area contributed by atoms with E-state index in [1.807, 2.05) is 12.1 Å². The lowest BCUT2D eigenvalue weighted by atomic mass is 9.91. The predicted octanol–water partition coefficient (Wildman–Crippen LogP) is 29.8. The van der Waals surface area contributed by atoms with Crippen LogP contribution in [0.25, 0.3) is 76.8 Å². The highest BCUT2D eigenvalue weighted by molar-refractivity contribution is 5.99. The van der Waals surface area contributed by atoms with Gasteiger partial charge in [0, 0.05) is 0 Å². The monoisotopic (exact) mass is 1290 g/mol. The second-order valence-corrected chi connectivity index (χ2v) is 27.7. The second kappa shape index (κ2) is 38.7. The lowest BCUT2D eigenvalue weighted by Gasteiger charge is -2.13. The predicted molar refractivity (Wildman–Crippen MR) is 438 cm³/mol. The number of benzene rings is 14. The van der Waals surface area contributed by atoms with Gasteiger partial charge < -0.3 is 0 Å². The molecule has 0 unspecified atom stereocenters. The fourth-order valence-electron chi connectivity index (χ4n) is 12.1. The van der Waals surface area contributed by atoms with Crippen molar-refractivity contribution in [2.45, 2.75) is 138 Å². The van der Waals surface area contributed by atoms with E-state index in [9.17, 15) is 0 Å². The highest BCUT2D eigenvalue weighted by atomic mass is 14.2. The number of fused-ring (bicyclic) bond motifs is 3. The summed E-state index contributed by atoms with van der Waals surface area (Å²) < 4.78 is 0. The molecule has 0 amide bonds. The topological polar surface area (TPSA) is 0 Å². The molecule has 0 nitrogen and oxygen atoms in total. The van der Waals surface area contributed by atoms with E-state index in [2.05, 4.69) is 431 Å². The van der Waals surface area contributed by atoms with Crippen LogP contribution in [0.5, 0.6) is 0 Å². The van der Waals surface area contributed by atoms with E-state index < -0.39 is 0 Å². The minimum atomic E-state index is 0.551. The van der Waals surface area contributed by atoms with Gasteiger partial charge in [-0.3, -0.25) is 0 Å². The molecule has 0 bridgehead atoms. The first-order valence-electron chi connectivity index (χ1n) is 36.0. The Bertz CT molecular complexity index is 4580. The zero-order chi connectivity index (χ0) is 70.5. The van der Waals surface area contributed by atoms with Crippen LogP contribution in [0.15, 0.2) is 346 Å². The largest absolute Gasteiger partial charge is 0.0622 e. The Kier molecular flexibility index (Phi) is 29.2. The summed E-state index contributed by atoms with van der Waals surface area (Å²) in [5, 5.41) is 8.12. The molecule has 0 heterocycles. The van der Waals surface area contributed by atoms with Gasteiger partial charge in [0.25, 0.3) is 0 Å². The third-order valence-corrected chi connectivity index (χ3v) is 18.0. The van der Waals surface area contributed by atoms with Crippen LogP contribution in [0, 0.1) is 0 Å². The van der Waals surface area contributed by atoms with Crippen LogP contribution in [0.2, 0.25) is 0 Å². The average Bonchev–Trinajstić information content (AvgIpc) is 0.788.